The smallest absolute Gasteiger partial charge is 0.0415 e. The molecule has 3 heteroatoms. The molecule has 1 N–H and O–H groups in total. The van der Waals surface area contributed by atoms with Gasteiger partial charge in [0.15, 0.2) is 0 Å². The van der Waals surface area contributed by atoms with Crippen LogP contribution in [0.2, 0.25) is 5.02 Å². The van der Waals surface area contributed by atoms with Gasteiger partial charge in [-0.2, -0.15) is 0 Å². The van der Waals surface area contributed by atoms with Crippen LogP contribution in [0.25, 0.3) is 0 Å². The van der Waals surface area contributed by atoms with E-state index >= 15 is 0 Å². The number of nitrogens with zero attached hydrogens (tertiary/aromatic N) is 1. The second-order valence-electron chi connectivity index (χ2n) is 6.42. The quantitative estimate of drug-likeness (QED) is 0.807. The van der Waals surface area contributed by atoms with Crippen LogP contribution in [0.3, 0.4) is 0 Å². The molecular formula is C17H29ClN2. The van der Waals surface area contributed by atoms with Crippen molar-refractivity contribution < 1.29 is 0 Å². The third kappa shape index (κ3) is 4.99. The molecule has 114 valence electrons. The SMILES string of the molecule is CCC(C)N(CC)c1ccc(Cl)cc1CNC(C)(C)C. The number of hydrogen-bond donors (Lipinski definition) is 1. The second kappa shape index (κ2) is 7.33. The molecule has 0 saturated heterocycles. The van der Waals surface area contributed by atoms with Gasteiger partial charge in [-0.05, 0) is 64.8 Å². The number of hydrogen-bond acceptors (Lipinski definition) is 2. The predicted octanol–water partition coefficient (Wildman–Crippen LogP) is 4.85. The Morgan fingerprint density at radius 3 is 2.40 bits per heavy atom. The molecule has 0 aliphatic carbocycles. The first-order chi connectivity index (χ1) is 9.28. The Balaban J connectivity index is 3.05. The standard InChI is InChI=1S/C17H29ClN2/c1-7-13(3)20(8-2)16-10-9-15(18)11-14(16)12-19-17(4,5)6/h9-11,13,19H,7-8,12H2,1-6H3. The lowest BCUT2D eigenvalue weighted by atomic mass is 10.1. The van der Waals surface area contributed by atoms with Gasteiger partial charge in [-0.3, -0.25) is 0 Å². The largest absolute Gasteiger partial charge is 0.369 e. The van der Waals surface area contributed by atoms with Crippen molar-refractivity contribution in [1.29, 1.82) is 0 Å². The van der Waals surface area contributed by atoms with Crippen LogP contribution in [0.5, 0.6) is 0 Å². The van der Waals surface area contributed by atoms with Crippen LogP contribution in [0.1, 0.15) is 53.5 Å². The molecule has 0 spiro atoms. The number of anilines is 1. The molecular weight excluding hydrogens is 268 g/mol. The van der Waals surface area contributed by atoms with E-state index in [9.17, 15) is 0 Å². The number of nitrogens with one attached hydrogen (secondary N) is 1. The molecule has 2 nitrogen and oxygen atoms in total. The Morgan fingerprint density at radius 2 is 1.90 bits per heavy atom. The van der Waals surface area contributed by atoms with Gasteiger partial charge >= 0.3 is 0 Å². The molecule has 20 heavy (non-hydrogen) atoms. The van der Waals surface area contributed by atoms with Crippen molar-refractivity contribution in [3.63, 3.8) is 0 Å². The van der Waals surface area contributed by atoms with Crippen molar-refractivity contribution in [2.24, 2.45) is 0 Å². The monoisotopic (exact) mass is 296 g/mol. The van der Waals surface area contributed by atoms with Crippen LogP contribution in [0.4, 0.5) is 5.69 Å². The molecule has 0 aliphatic rings. The summed E-state index contributed by atoms with van der Waals surface area (Å²) in [5.74, 6) is 0. The molecule has 0 saturated carbocycles. The molecule has 0 fully saturated rings. The lowest BCUT2D eigenvalue weighted by Crippen LogP contribution is -2.37. The molecule has 1 aromatic carbocycles. The normalized spacial score (nSPS) is 13.3. The number of rotatable bonds is 6. The topological polar surface area (TPSA) is 15.3 Å². The maximum Gasteiger partial charge on any atom is 0.0415 e. The summed E-state index contributed by atoms with van der Waals surface area (Å²) in [5.41, 5.74) is 2.67. The van der Waals surface area contributed by atoms with Gasteiger partial charge < -0.3 is 10.2 Å². The zero-order valence-electron chi connectivity index (χ0n) is 13.8. The molecule has 0 heterocycles. The van der Waals surface area contributed by atoms with Crippen LogP contribution in [-0.4, -0.2) is 18.1 Å². The molecule has 1 rings (SSSR count). The Hall–Kier alpha value is -0.730. The highest BCUT2D eigenvalue weighted by Gasteiger charge is 2.16. The third-order valence-corrected chi connectivity index (χ3v) is 3.86. The maximum atomic E-state index is 6.18. The molecule has 0 radical (unpaired) electrons. The van der Waals surface area contributed by atoms with Crippen molar-refractivity contribution in [3.05, 3.63) is 28.8 Å². The van der Waals surface area contributed by atoms with Crippen LogP contribution < -0.4 is 10.2 Å². The fourth-order valence-electron chi connectivity index (χ4n) is 2.28. The summed E-state index contributed by atoms with van der Waals surface area (Å²) in [6.45, 7) is 15.1. The van der Waals surface area contributed by atoms with Gasteiger partial charge in [0, 0.05) is 35.4 Å². The van der Waals surface area contributed by atoms with Gasteiger partial charge in [-0.1, -0.05) is 18.5 Å². The summed E-state index contributed by atoms with van der Waals surface area (Å²) in [6, 6.07) is 6.76. The van der Waals surface area contributed by atoms with Gasteiger partial charge in [-0.15, -0.1) is 0 Å². The minimum Gasteiger partial charge on any atom is -0.369 e. The first-order valence-corrected chi connectivity index (χ1v) is 7.96. The van der Waals surface area contributed by atoms with Crippen molar-refractivity contribution in [2.45, 2.75) is 66.1 Å². The molecule has 0 amide bonds. The molecule has 0 aromatic heterocycles. The van der Waals surface area contributed by atoms with E-state index in [2.05, 4.69) is 63.9 Å². The van der Waals surface area contributed by atoms with Gasteiger partial charge in [0.1, 0.15) is 0 Å². The predicted molar refractivity (Wildman–Crippen MR) is 90.8 cm³/mol. The fourth-order valence-corrected chi connectivity index (χ4v) is 2.47. The van der Waals surface area contributed by atoms with Crippen LogP contribution in [-0.2, 0) is 6.54 Å². The highest BCUT2D eigenvalue weighted by Crippen LogP contribution is 2.27. The van der Waals surface area contributed by atoms with Crippen molar-refractivity contribution in [3.8, 4) is 0 Å². The molecule has 1 aromatic rings. The Morgan fingerprint density at radius 1 is 1.25 bits per heavy atom. The summed E-state index contributed by atoms with van der Waals surface area (Å²) in [4.78, 5) is 2.45. The van der Waals surface area contributed by atoms with Crippen molar-refractivity contribution in [2.75, 3.05) is 11.4 Å². The average Bonchev–Trinajstić information content (AvgIpc) is 2.38. The van der Waals surface area contributed by atoms with E-state index in [0.29, 0.717) is 6.04 Å². The number of halogens is 1. The minimum atomic E-state index is 0.104. The highest BCUT2D eigenvalue weighted by atomic mass is 35.5. The Labute approximate surface area is 129 Å². The third-order valence-electron chi connectivity index (χ3n) is 3.62. The summed E-state index contributed by atoms with van der Waals surface area (Å²) < 4.78 is 0. The Kier molecular flexibility index (Phi) is 6.35. The minimum absolute atomic E-state index is 0.104. The summed E-state index contributed by atoms with van der Waals surface area (Å²) in [5, 5.41) is 4.36. The van der Waals surface area contributed by atoms with E-state index in [4.69, 9.17) is 11.6 Å². The highest BCUT2D eigenvalue weighted by molar-refractivity contribution is 6.30. The van der Waals surface area contributed by atoms with E-state index in [-0.39, 0.29) is 5.54 Å². The van der Waals surface area contributed by atoms with Gasteiger partial charge in [-0.25, -0.2) is 0 Å². The maximum absolute atomic E-state index is 6.18. The molecule has 1 atom stereocenters. The lowest BCUT2D eigenvalue weighted by molar-refractivity contribution is 0.424. The molecule has 0 aliphatic heterocycles. The van der Waals surface area contributed by atoms with Gasteiger partial charge in [0.05, 0.1) is 0 Å². The first-order valence-electron chi connectivity index (χ1n) is 7.58. The number of benzene rings is 1. The van der Waals surface area contributed by atoms with E-state index in [1.807, 2.05) is 6.07 Å². The lowest BCUT2D eigenvalue weighted by Gasteiger charge is -2.32. The fraction of sp³-hybridized carbons (Fsp3) is 0.647. The van der Waals surface area contributed by atoms with E-state index < -0.39 is 0 Å². The van der Waals surface area contributed by atoms with Crippen LogP contribution in [0.15, 0.2) is 18.2 Å². The zero-order chi connectivity index (χ0) is 15.3. The molecule has 1 unspecified atom stereocenters. The summed E-state index contributed by atoms with van der Waals surface area (Å²) >= 11 is 6.18. The Bertz CT molecular complexity index is 423. The summed E-state index contributed by atoms with van der Waals surface area (Å²) in [6.07, 6.45) is 1.14. The van der Waals surface area contributed by atoms with E-state index in [1.165, 1.54) is 11.3 Å². The zero-order valence-corrected chi connectivity index (χ0v) is 14.5. The summed E-state index contributed by atoms with van der Waals surface area (Å²) in [7, 11) is 0. The van der Waals surface area contributed by atoms with Crippen molar-refractivity contribution >= 4 is 17.3 Å². The van der Waals surface area contributed by atoms with E-state index in [0.717, 1.165) is 24.5 Å². The first kappa shape index (κ1) is 17.3. The molecule has 0 bridgehead atoms. The van der Waals surface area contributed by atoms with Crippen LogP contribution >= 0.6 is 11.6 Å². The second-order valence-corrected chi connectivity index (χ2v) is 6.86. The average molecular weight is 297 g/mol. The van der Waals surface area contributed by atoms with Crippen molar-refractivity contribution in [1.82, 2.24) is 5.32 Å². The van der Waals surface area contributed by atoms with Gasteiger partial charge in [0.2, 0.25) is 0 Å². The van der Waals surface area contributed by atoms with E-state index in [1.54, 1.807) is 0 Å². The van der Waals surface area contributed by atoms with Crippen LogP contribution in [0, 0.1) is 0 Å². The van der Waals surface area contributed by atoms with Gasteiger partial charge in [0.25, 0.3) is 0 Å².